The molecule has 0 aromatic heterocycles. The van der Waals surface area contributed by atoms with Crippen LogP contribution in [0.25, 0.3) is 53.9 Å². The van der Waals surface area contributed by atoms with Crippen LogP contribution in [-0.2, 0) is 64.8 Å². The summed E-state index contributed by atoms with van der Waals surface area (Å²) in [5.74, 6) is 0.904. The van der Waals surface area contributed by atoms with Gasteiger partial charge in [0.25, 0.3) is 0 Å². The van der Waals surface area contributed by atoms with Crippen LogP contribution in [0.1, 0.15) is 113 Å². The first kappa shape index (κ1) is 126. The molecule has 0 aliphatic carbocycles. The number of hydrogen-bond donors (Lipinski definition) is 5. The molecule has 0 saturated heterocycles. The number of fused-ring (bicyclic) bond motifs is 5. The summed E-state index contributed by atoms with van der Waals surface area (Å²) in [5, 5.41) is 55.8. The van der Waals surface area contributed by atoms with Crippen LogP contribution in [0.15, 0.2) is 342 Å². The summed E-state index contributed by atoms with van der Waals surface area (Å²) in [6, 6.07) is 85.7. The number of ketones is 5. The van der Waals surface area contributed by atoms with Crippen molar-refractivity contribution in [3.8, 4) is 0 Å². The van der Waals surface area contributed by atoms with E-state index in [0.29, 0.717) is 27.8 Å². The quantitative estimate of drug-likeness (QED) is 0.0341. The smallest absolute Gasteiger partial charge is 0.189 e. The van der Waals surface area contributed by atoms with Crippen LogP contribution in [0.4, 0.5) is 0 Å². The molecular weight excluding hydrogens is 2360 g/mol. The van der Waals surface area contributed by atoms with Gasteiger partial charge in [0.1, 0.15) is 0 Å². The number of unbranched alkanes of at least 4 members (excludes halogenated alkanes) is 1. The minimum atomic E-state index is -1.05. The first-order valence-corrected chi connectivity index (χ1v) is 47.3. The molecule has 5 N–H and O–H groups in total. The van der Waals surface area contributed by atoms with Gasteiger partial charge in [0.2, 0.25) is 0 Å². The van der Waals surface area contributed by atoms with E-state index < -0.39 is 64.8 Å². The zero-order valence-electron chi connectivity index (χ0n) is 71.3. The van der Waals surface area contributed by atoms with Crippen molar-refractivity contribution in [2.45, 2.75) is 71.1 Å². The third-order valence-corrected chi connectivity index (χ3v) is 18.1. The van der Waals surface area contributed by atoms with E-state index in [1.54, 1.807) is 80.4 Å². The molecule has 123 heavy (non-hydrogen) atoms. The minimum Gasteiger partial charge on any atom is -0.512 e. The van der Waals surface area contributed by atoms with Crippen molar-refractivity contribution in [1.29, 1.82) is 0 Å². The van der Waals surface area contributed by atoms with Crippen molar-refractivity contribution < 1.29 is 322 Å². The summed E-state index contributed by atoms with van der Waals surface area (Å²) in [7, 11) is -4.02. The van der Waals surface area contributed by atoms with Crippen molar-refractivity contribution in [2.75, 3.05) is 61.6 Å². The van der Waals surface area contributed by atoms with E-state index >= 15 is 0 Å². The number of hydrogen-bond acceptors (Lipinski definition) is 16. The Morgan fingerprint density at radius 3 is 0.561 bits per heavy atom. The first-order valence-electron chi connectivity index (χ1n) is 36.8. The van der Waals surface area contributed by atoms with Crippen molar-refractivity contribution in [3.05, 3.63) is 360 Å². The molecule has 2 atom stereocenters. The number of aliphatic hydroxyl groups is 5. The number of carbonyl (C=O) groups excluding carboxylic acids is 5. The fraction of sp³-hybridized carbons (Fsp3) is 0.198. The predicted octanol–water partition coefficient (Wildman–Crippen LogP) is 21.8. The molecule has 0 aliphatic rings. The van der Waals surface area contributed by atoms with Crippen LogP contribution < -0.4 is 0 Å². The van der Waals surface area contributed by atoms with Crippen molar-refractivity contribution in [3.63, 3.8) is 0 Å². The molecule has 0 fully saturated rings. The molecule has 12 aromatic carbocycles. The van der Waals surface area contributed by atoms with Gasteiger partial charge in [-0.05, 0) is 149 Å². The molecule has 0 heterocycles. The Hall–Kier alpha value is -3.19. The topological polar surface area (TPSA) is 289 Å². The second-order valence-electron chi connectivity index (χ2n) is 26.2. The Bertz CT molecular complexity index is 4850. The van der Waals surface area contributed by atoms with E-state index in [-0.39, 0.29) is 305 Å². The molecule has 0 spiro atoms. The average molecular weight is 2470 g/mol. The molecule has 0 amide bonds. The zero-order chi connectivity index (χ0) is 88.2. The Labute approximate surface area is 944 Å². The maximum atomic E-state index is 12.0. The van der Waals surface area contributed by atoms with Crippen LogP contribution in [0.5, 0.6) is 0 Å². The van der Waals surface area contributed by atoms with Gasteiger partial charge in [0.15, 0.2) is 28.9 Å². The summed E-state index contributed by atoms with van der Waals surface area (Å²) >= 11 is 0. The second kappa shape index (κ2) is 73.5. The van der Waals surface area contributed by atoms with Gasteiger partial charge in [-0.3, -0.25) is 45.0 Å². The van der Waals surface area contributed by atoms with Crippen LogP contribution in [-0.4, -0.2) is 141 Å². The molecule has 27 heteroatoms. The summed E-state index contributed by atoms with van der Waals surface area (Å²) in [4.78, 5) is 60.0. The largest absolute Gasteiger partial charge is 0.512 e. The monoisotopic (exact) mass is 2470 g/mol. The molecule has 5 radical (unpaired) electrons. The van der Waals surface area contributed by atoms with Gasteiger partial charge in [-0.25, -0.2) is 4.21 Å². The van der Waals surface area contributed by atoms with E-state index in [9.17, 15) is 49.2 Å². The van der Waals surface area contributed by atoms with Gasteiger partial charge in [-0.15, -0.1) is 0 Å². The van der Waals surface area contributed by atoms with Gasteiger partial charge in [0.05, 0.1) is 39.6 Å². The average Bonchev–Trinajstić information content (AvgIpc) is 0.853. The molecule has 12 rings (SSSR count). The molecule has 2 unspecified atom stereocenters. The van der Waals surface area contributed by atoms with E-state index in [1.807, 2.05) is 250 Å². The summed E-state index contributed by atoms with van der Waals surface area (Å²) in [5.41, 5.74) is 2.95. The van der Waals surface area contributed by atoms with Gasteiger partial charge in [-0.1, -0.05) is 239 Å². The third-order valence-electron chi connectivity index (χ3n) is 15.0. The summed E-state index contributed by atoms with van der Waals surface area (Å²) in [6.07, 6.45) is 21.7. The zero-order valence-corrected chi connectivity index (χ0v) is 88.3. The normalized spacial score (nSPS) is 11.0. The van der Waals surface area contributed by atoms with Crippen molar-refractivity contribution >= 4 is 148 Å². The van der Waals surface area contributed by atoms with E-state index in [1.165, 1.54) is 65.0 Å². The summed E-state index contributed by atoms with van der Waals surface area (Å²) < 4.78 is 60.9. The first-order chi connectivity index (χ1) is 55.9. The Morgan fingerprint density at radius 1 is 0.260 bits per heavy atom. The Kier molecular flexibility index (Phi) is 75.3. The standard InChI is InChI=1S/5C14H12O2.C12H10OS.C5H12OS.C3H8OS.3C2H6OS.5Eu/c5*1-10(15)8-14(16)13-7-6-11-4-2-3-5-12(11)9-13;13-14(11-7-3-1-4-8-11)12-9-5-2-6-10-12;1-3-4-5-7(2)6;1-3-5(2)4;3*1-4(2)3;;;;;/h5*2-9,15H,1H3;1-10H;3-5H2,1-2H3;3H2,1-2H3;3*1-2H3;;;;;. The fourth-order valence-corrected chi connectivity index (χ4v) is 11.4. The van der Waals surface area contributed by atoms with E-state index in [2.05, 4.69) is 6.92 Å². The SMILES string of the molecule is CC(O)=CC(=O)c1ccc2ccccc2c1.CC(O)=CC(=O)c1ccc2ccccc2c1.CC(O)=CC(=O)c1ccc2ccccc2c1.CC(O)=CC(=O)c1ccc2ccccc2c1.CC(O)=CC(=O)c1ccc2ccccc2c1.CCCCS(C)=O.CCS(C)=O.CS(C)=O.CS(C)=O.CS(C)=O.O=S(c1ccccc1)c1ccccc1.[Eu].[Eu].[Eu].[Eu].[Eu]. The van der Waals surface area contributed by atoms with Crippen LogP contribution in [0, 0.1) is 247 Å². The van der Waals surface area contributed by atoms with Crippen molar-refractivity contribution in [2.24, 2.45) is 0 Å². The fourth-order valence-electron chi connectivity index (χ4n) is 9.65. The summed E-state index contributed by atoms with van der Waals surface area (Å²) in [6.45, 7) is 11.4. The van der Waals surface area contributed by atoms with E-state index in [4.69, 9.17) is 25.5 Å². The number of allylic oxidation sites excluding steroid dienone is 10. The molecule has 12 aromatic rings. The number of benzene rings is 12. The molecule has 16 nitrogen and oxygen atoms in total. The Morgan fingerprint density at radius 2 is 0.423 bits per heavy atom. The predicted molar refractivity (Wildman–Crippen MR) is 499 cm³/mol. The third kappa shape index (κ3) is 58.3. The number of carbonyl (C=O) groups is 5. The molecular formula is C96H108Eu5O16S6. The molecule has 0 saturated carbocycles. The number of aliphatic hydroxyl groups excluding tert-OH is 5. The minimum absolute atomic E-state index is 0. The van der Waals surface area contributed by atoms with Crippen LogP contribution >= 0.6 is 0 Å². The van der Waals surface area contributed by atoms with Gasteiger partial charge in [-0.2, -0.15) is 0 Å². The molecule has 0 bridgehead atoms. The molecule has 659 valence electrons. The van der Waals surface area contributed by atoms with Crippen LogP contribution in [0.2, 0.25) is 0 Å². The van der Waals surface area contributed by atoms with Gasteiger partial charge < -0.3 is 25.5 Å². The second-order valence-corrected chi connectivity index (χ2v) is 35.4. The Balaban J connectivity index is -0.000000650. The maximum Gasteiger partial charge on any atom is 0.189 e. The molecule has 0 aliphatic heterocycles. The van der Waals surface area contributed by atoms with Crippen molar-refractivity contribution in [1.82, 2.24) is 0 Å². The van der Waals surface area contributed by atoms with Crippen LogP contribution in [0.3, 0.4) is 0 Å². The van der Waals surface area contributed by atoms with Gasteiger partial charge in [0, 0.05) is 430 Å². The number of rotatable bonds is 16. The van der Waals surface area contributed by atoms with E-state index in [0.717, 1.165) is 88.0 Å². The maximum absolute atomic E-state index is 12.0. The van der Waals surface area contributed by atoms with Gasteiger partial charge >= 0.3 is 0 Å².